The second-order valence-corrected chi connectivity index (χ2v) is 6.95. The Labute approximate surface area is 187 Å². The van der Waals surface area contributed by atoms with Crippen LogP contribution in [0.3, 0.4) is 0 Å². The number of nitrogens with one attached hydrogen (secondary N) is 1. The lowest BCUT2D eigenvalue weighted by molar-refractivity contribution is -0.384. The van der Waals surface area contributed by atoms with E-state index in [1.807, 2.05) is 6.92 Å². The van der Waals surface area contributed by atoms with Crippen molar-refractivity contribution < 1.29 is 28.8 Å². The van der Waals surface area contributed by atoms with Gasteiger partial charge in [0, 0.05) is 48.7 Å². The number of allylic oxidation sites excluding steroid dienone is 2. The van der Waals surface area contributed by atoms with Crippen molar-refractivity contribution in [1.29, 1.82) is 0 Å². The zero-order chi connectivity index (χ0) is 23.7. The maximum absolute atomic E-state index is 12.7. The number of rotatable bonds is 11. The number of hydrogen-bond acceptors (Lipinski definition) is 9. The van der Waals surface area contributed by atoms with Gasteiger partial charge in [0.05, 0.1) is 43.1 Å². The number of aliphatic imine (C=N–C) groups is 1. The van der Waals surface area contributed by atoms with Gasteiger partial charge >= 0.3 is 5.97 Å². The Balaban J connectivity index is 2.64. The van der Waals surface area contributed by atoms with Crippen LogP contribution in [0.2, 0.25) is 0 Å². The first-order chi connectivity index (χ1) is 15.3. The summed E-state index contributed by atoms with van der Waals surface area (Å²) in [7, 11) is 2.81. The summed E-state index contributed by atoms with van der Waals surface area (Å²) in [5.41, 5.74) is 5.91. The Kier molecular flexibility index (Phi) is 9.51. The molecule has 1 aliphatic heterocycles. The monoisotopic (exact) mass is 447 g/mol. The predicted octanol–water partition coefficient (Wildman–Crippen LogP) is 3.06. The zero-order valence-electron chi connectivity index (χ0n) is 19.0. The lowest BCUT2D eigenvalue weighted by Crippen LogP contribution is -2.30. The number of benzene rings is 1. The Morgan fingerprint density at radius 1 is 1.25 bits per heavy atom. The van der Waals surface area contributed by atoms with Gasteiger partial charge in [0.2, 0.25) is 0 Å². The average Bonchev–Trinajstić information content (AvgIpc) is 2.77. The number of carbonyl (C=O) groups excluding carboxylic acids is 1. The molecule has 32 heavy (non-hydrogen) atoms. The number of hydroxylamine groups is 1. The maximum Gasteiger partial charge on any atom is 0.336 e. The van der Waals surface area contributed by atoms with Crippen LogP contribution < -0.4 is 5.48 Å². The number of non-ortho nitro benzene ring substituents is 1. The Morgan fingerprint density at radius 3 is 2.62 bits per heavy atom. The highest BCUT2D eigenvalue weighted by Gasteiger charge is 2.36. The topological polar surface area (TPSA) is 122 Å². The molecular formula is C22H29N3O7. The van der Waals surface area contributed by atoms with Crippen molar-refractivity contribution in [3.63, 3.8) is 0 Å². The van der Waals surface area contributed by atoms with Gasteiger partial charge in [-0.1, -0.05) is 12.1 Å². The van der Waals surface area contributed by atoms with Gasteiger partial charge in [0.15, 0.2) is 0 Å². The van der Waals surface area contributed by atoms with E-state index in [1.165, 1.54) is 26.4 Å². The Morgan fingerprint density at radius 2 is 2.00 bits per heavy atom. The van der Waals surface area contributed by atoms with Crippen molar-refractivity contribution in [2.24, 2.45) is 4.99 Å². The highest BCUT2D eigenvalue weighted by molar-refractivity contribution is 6.07. The molecule has 1 atom stereocenters. The zero-order valence-corrected chi connectivity index (χ0v) is 19.0. The second kappa shape index (κ2) is 12.1. The van der Waals surface area contributed by atoms with E-state index in [2.05, 4.69) is 10.5 Å². The molecule has 0 fully saturated rings. The van der Waals surface area contributed by atoms with E-state index in [1.54, 1.807) is 26.0 Å². The molecule has 1 heterocycles. The fourth-order valence-corrected chi connectivity index (χ4v) is 3.54. The summed E-state index contributed by atoms with van der Waals surface area (Å²) >= 11 is 0. The fraction of sp³-hybridized carbons (Fsp3) is 0.455. The molecule has 1 unspecified atom stereocenters. The predicted molar refractivity (Wildman–Crippen MR) is 118 cm³/mol. The first kappa shape index (κ1) is 25.2. The summed E-state index contributed by atoms with van der Waals surface area (Å²) in [5.74, 6) is -1.24. The quantitative estimate of drug-likeness (QED) is 0.238. The number of methoxy groups -OCH3 is 2. The molecule has 0 amide bonds. The molecule has 2 rings (SSSR count). The van der Waals surface area contributed by atoms with Crippen molar-refractivity contribution >= 4 is 17.4 Å². The second-order valence-electron chi connectivity index (χ2n) is 6.95. The third kappa shape index (κ3) is 6.00. The Bertz CT molecular complexity index is 937. The standard InChI is InChI=1S/C22H29N3O7/c1-6-31-10-11-32-24-18(13-29-4)19-14(2)23-15(3)20(22(26)30-5)21(19)16-8-7-9-17(12-16)25(27)28/h7-9,12,21,24H,6,10-11,13H2,1-5H3/b19-18+. The normalized spacial score (nSPS) is 17.7. The average molecular weight is 447 g/mol. The van der Waals surface area contributed by atoms with Crippen molar-refractivity contribution in [1.82, 2.24) is 5.48 Å². The van der Waals surface area contributed by atoms with Crippen LogP contribution in [0, 0.1) is 10.1 Å². The molecule has 1 N–H and O–H groups in total. The summed E-state index contributed by atoms with van der Waals surface area (Å²) < 4.78 is 15.6. The number of nitrogens with zero attached hydrogens (tertiary/aromatic N) is 2. The number of nitro benzene ring substituents is 1. The molecule has 0 spiro atoms. The van der Waals surface area contributed by atoms with Crippen molar-refractivity contribution in [2.75, 3.05) is 40.6 Å². The SMILES string of the molecule is CCOCCON/C(COC)=C1\C(C)=NC(C)=C(C(=O)OC)C1c1cccc([N+](=O)[O-])c1. The van der Waals surface area contributed by atoms with Crippen molar-refractivity contribution in [2.45, 2.75) is 26.7 Å². The summed E-state index contributed by atoms with van der Waals surface area (Å²) in [4.78, 5) is 33.7. The summed E-state index contributed by atoms with van der Waals surface area (Å²) in [6, 6.07) is 6.15. The van der Waals surface area contributed by atoms with Gasteiger partial charge in [-0.25, -0.2) is 4.79 Å². The van der Waals surface area contributed by atoms with Crippen LogP contribution in [0.25, 0.3) is 0 Å². The third-order valence-electron chi connectivity index (χ3n) is 4.86. The Hall–Kier alpha value is -3.08. The van der Waals surface area contributed by atoms with Crippen LogP contribution >= 0.6 is 0 Å². The summed E-state index contributed by atoms with van der Waals surface area (Å²) in [6.45, 7) is 6.78. The number of hydrogen-bond donors (Lipinski definition) is 1. The van der Waals surface area contributed by atoms with E-state index in [9.17, 15) is 14.9 Å². The van der Waals surface area contributed by atoms with E-state index >= 15 is 0 Å². The summed E-state index contributed by atoms with van der Waals surface area (Å²) in [5, 5.41) is 11.4. The van der Waals surface area contributed by atoms with Crippen LogP contribution in [-0.2, 0) is 23.8 Å². The van der Waals surface area contributed by atoms with E-state index in [-0.39, 0.29) is 18.9 Å². The number of esters is 1. The molecule has 10 heteroatoms. The maximum atomic E-state index is 12.7. The molecule has 10 nitrogen and oxygen atoms in total. The van der Waals surface area contributed by atoms with Crippen molar-refractivity contribution in [3.8, 4) is 0 Å². The lowest BCUT2D eigenvalue weighted by Gasteiger charge is -2.30. The van der Waals surface area contributed by atoms with Gasteiger partial charge < -0.3 is 14.2 Å². The van der Waals surface area contributed by atoms with Gasteiger partial charge in [0.1, 0.15) is 0 Å². The third-order valence-corrected chi connectivity index (χ3v) is 4.86. The van der Waals surface area contributed by atoms with Crippen LogP contribution in [0.5, 0.6) is 0 Å². The van der Waals surface area contributed by atoms with Gasteiger partial charge in [-0.3, -0.25) is 25.4 Å². The van der Waals surface area contributed by atoms with Gasteiger partial charge in [0.25, 0.3) is 5.69 Å². The largest absolute Gasteiger partial charge is 0.466 e. The minimum Gasteiger partial charge on any atom is -0.466 e. The van der Waals surface area contributed by atoms with Crippen LogP contribution in [-0.4, -0.2) is 57.3 Å². The first-order valence-electron chi connectivity index (χ1n) is 10.1. The number of ether oxygens (including phenoxy) is 3. The van der Waals surface area contributed by atoms with Gasteiger partial charge in [-0.15, -0.1) is 0 Å². The molecule has 0 aliphatic carbocycles. The molecule has 0 aromatic heterocycles. The highest BCUT2D eigenvalue weighted by Crippen LogP contribution is 2.41. The van der Waals surface area contributed by atoms with Crippen LogP contribution in [0.15, 0.2) is 51.8 Å². The summed E-state index contributed by atoms with van der Waals surface area (Å²) in [6.07, 6.45) is 0. The van der Waals surface area contributed by atoms with E-state index in [0.717, 1.165) is 0 Å². The fourth-order valence-electron chi connectivity index (χ4n) is 3.54. The molecule has 1 aromatic rings. The number of carbonyl (C=O) groups is 1. The lowest BCUT2D eigenvalue weighted by atomic mass is 9.78. The minimum atomic E-state index is -0.673. The molecule has 0 saturated carbocycles. The van der Waals surface area contributed by atoms with Crippen LogP contribution in [0.4, 0.5) is 5.69 Å². The first-order valence-corrected chi connectivity index (χ1v) is 10.1. The minimum absolute atomic E-state index is 0.0851. The van der Waals surface area contributed by atoms with Gasteiger partial charge in [-0.2, -0.15) is 0 Å². The molecule has 0 saturated heterocycles. The molecule has 174 valence electrons. The molecular weight excluding hydrogens is 418 g/mol. The highest BCUT2D eigenvalue weighted by atomic mass is 16.7. The van der Waals surface area contributed by atoms with E-state index in [4.69, 9.17) is 19.0 Å². The molecule has 1 aliphatic rings. The van der Waals surface area contributed by atoms with Crippen LogP contribution in [0.1, 0.15) is 32.3 Å². The van der Waals surface area contributed by atoms with Gasteiger partial charge in [-0.05, 0) is 26.3 Å². The smallest absolute Gasteiger partial charge is 0.336 e. The molecule has 1 aromatic carbocycles. The van der Waals surface area contributed by atoms with E-state index < -0.39 is 16.8 Å². The van der Waals surface area contributed by atoms with Crippen molar-refractivity contribution in [3.05, 3.63) is 62.5 Å². The number of nitro groups is 1. The molecule has 0 radical (unpaired) electrons. The van der Waals surface area contributed by atoms with E-state index in [0.29, 0.717) is 47.0 Å². The molecule has 0 bridgehead atoms.